The number of allylic oxidation sites excluding steroid dienone is 3. The summed E-state index contributed by atoms with van der Waals surface area (Å²) >= 11 is 11.2. The molecule has 0 bridgehead atoms. The maximum absolute atomic E-state index is 14.9. The lowest BCUT2D eigenvalue weighted by molar-refractivity contribution is -0.101. The lowest BCUT2D eigenvalue weighted by Gasteiger charge is -2.32. The molecular formula is C18H14Cl2F4O3. The number of hydrogen-bond donors (Lipinski definition) is 0. The number of aryl methyl sites for hydroxylation is 1. The summed E-state index contributed by atoms with van der Waals surface area (Å²) < 4.78 is 60.0. The van der Waals surface area contributed by atoms with Crippen molar-refractivity contribution in [1.29, 1.82) is 0 Å². The molecule has 0 fully saturated rings. The van der Waals surface area contributed by atoms with Gasteiger partial charge in [0.25, 0.3) is 5.24 Å². The van der Waals surface area contributed by atoms with Gasteiger partial charge in [0.2, 0.25) is 5.13 Å². The molecule has 0 aromatic heterocycles. The molecule has 146 valence electrons. The van der Waals surface area contributed by atoms with Gasteiger partial charge in [-0.1, -0.05) is 23.7 Å². The van der Waals surface area contributed by atoms with Gasteiger partial charge in [0.05, 0.1) is 12.7 Å². The molecule has 3 nitrogen and oxygen atoms in total. The molecule has 0 saturated carbocycles. The molecule has 0 radical (unpaired) electrons. The van der Waals surface area contributed by atoms with Gasteiger partial charge >= 0.3 is 6.18 Å². The number of ketones is 1. The summed E-state index contributed by atoms with van der Waals surface area (Å²) in [6.45, 7) is 2.90. The minimum Gasteiger partial charge on any atom is -0.497 e. The average molecular weight is 425 g/mol. The van der Waals surface area contributed by atoms with Crippen LogP contribution in [-0.2, 0) is 4.74 Å². The fourth-order valence-electron chi connectivity index (χ4n) is 3.01. The van der Waals surface area contributed by atoms with Gasteiger partial charge in [-0.25, -0.2) is 4.39 Å². The number of Topliss-reactive ketones (excluding diaryl/α,β-unsaturated/α-hetero) is 1. The summed E-state index contributed by atoms with van der Waals surface area (Å²) in [5, 5.41) is -4.06. The molecule has 0 N–H and O–H groups in total. The molecular weight excluding hydrogens is 411 g/mol. The third-order valence-corrected chi connectivity index (χ3v) is 4.81. The maximum Gasteiger partial charge on any atom is 0.413 e. The summed E-state index contributed by atoms with van der Waals surface area (Å²) in [5.74, 6) is -4.06. The number of carbonyl (C=O) groups is 2. The Morgan fingerprint density at radius 3 is 2.30 bits per heavy atom. The molecule has 9 heteroatoms. The average Bonchev–Trinajstić information content (AvgIpc) is 2.51. The number of rotatable bonds is 4. The van der Waals surface area contributed by atoms with Crippen molar-refractivity contribution in [2.75, 3.05) is 7.11 Å². The van der Waals surface area contributed by atoms with Crippen molar-refractivity contribution in [1.82, 2.24) is 0 Å². The second-order valence-corrected chi connectivity index (χ2v) is 6.95. The molecule has 0 aliphatic heterocycles. The van der Waals surface area contributed by atoms with Gasteiger partial charge in [0.15, 0.2) is 5.78 Å². The molecule has 0 spiro atoms. The Hall–Kier alpha value is -1.86. The first-order valence-corrected chi connectivity index (χ1v) is 8.34. The van der Waals surface area contributed by atoms with Crippen LogP contribution in [-0.4, -0.2) is 29.4 Å². The Morgan fingerprint density at radius 2 is 1.81 bits per heavy atom. The fraction of sp³-hybridized carbons (Fsp3) is 0.333. The van der Waals surface area contributed by atoms with E-state index in [0.717, 1.165) is 7.11 Å². The van der Waals surface area contributed by atoms with E-state index in [9.17, 15) is 27.2 Å². The van der Waals surface area contributed by atoms with Crippen LogP contribution in [0.4, 0.5) is 17.6 Å². The van der Waals surface area contributed by atoms with Crippen LogP contribution in [0.25, 0.3) is 0 Å². The highest BCUT2D eigenvalue weighted by Crippen LogP contribution is 2.47. The lowest BCUT2D eigenvalue weighted by atomic mass is 9.80. The van der Waals surface area contributed by atoms with Crippen LogP contribution < -0.4 is 0 Å². The topological polar surface area (TPSA) is 43.4 Å². The zero-order valence-corrected chi connectivity index (χ0v) is 15.9. The minimum absolute atomic E-state index is 0.0250. The van der Waals surface area contributed by atoms with Crippen LogP contribution in [0.2, 0.25) is 0 Å². The van der Waals surface area contributed by atoms with Gasteiger partial charge in [0, 0.05) is 17.2 Å². The highest BCUT2D eigenvalue weighted by Gasteiger charge is 2.54. The van der Waals surface area contributed by atoms with Crippen molar-refractivity contribution in [2.24, 2.45) is 5.92 Å². The highest BCUT2D eigenvalue weighted by atomic mass is 35.5. The Balaban J connectivity index is 2.67. The van der Waals surface area contributed by atoms with E-state index < -0.39 is 39.6 Å². The van der Waals surface area contributed by atoms with E-state index in [-0.39, 0.29) is 16.7 Å². The largest absolute Gasteiger partial charge is 0.497 e. The highest BCUT2D eigenvalue weighted by molar-refractivity contribution is 6.68. The summed E-state index contributed by atoms with van der Waals surface area (Å²) in [4.78, 5) is 24.5. The Bertz CT molecular complexity index is 870. The predicted octanol–water partition coefficient (Wildman–Crippen LogP) is 5.42. The number of ether oxygens (including phenoxy) is 1. The third kappa shape index (κ3) is 4.04. The summed E-state index contributed by atoms with van der Waals surface area (Å²) in [5.41, 5.74) is -1.30. The van der Waals surface area contributed by atoms with Gasteiger partial charge in [-0.05, 0) is 42.7 Å². The molecule has 2 unspecified atom stereocenters. The minimum atomic E-state index is -5.03. The molecule has 2 rings (SSSR count). The SMILES string of the molecule is COC1=CC(F)(Cl)C(C(=O)c2ccc(C)c(C(=O)Cl)c2C)C(C(F)(F)F)=C1. The van der Waals surface area contributed by atoms with Crippen LogP contribution >= 0.6 is 23.2 Å². The lowest BCUT2D eigenvalue weighted by Crippen LogP contribution is -2.41. The second-order valence-electron chi connectivity index (χ2n) is 6.02. The number of halogens is 6. The zero-order valence-electron chi connectivity index (χ0n) is 14.4. The maximum atomic E-state index is 14.9. The first-order valence-electron chi connectivity index (χ1n) is 7.59. The van der Waals surface area contributed by atoms with E-state index in [1.54, 1.807) is 6.92 Å². The number of methoxy groups -OCH3 is 1. The molecule has 1 aromatic rings. The van der Waals surface area contributed by atoms with E-state index in [2.05, 4.69) is 4.74 Å². The quantitative estimate of drug-likeness (QED) is 0.280. The monoisotopic (exact) mass is 424 g/mol. The summed E-state index contributed by atoms with van der Waals surface area (Å²) in [7, 11) is 1.05. The molecule has 1 aliphatic carbocycles. The summed E-state index contributed by atoms with van der Waals surface area (Å²) in [6.07, 6.45) is -3.91. The Morgan fingerprint density at radius 1 is 1.22 bits per heavy atom. The molecule has 0 saturated heterocycles. The van der Waals surface area contributed by atoms with Gasteiger partial charge < -0.3 is 4.74 Å². The molecule has 1 aliphatic rings. The number of benzene rings is 1. The molecule has 0 heterocycles. The number of hydrogen-bond acceptors (Lipinski definition) is 3. The number of carbonyl (C=O) groups excluding carboxylic acids is 2. The fourth-order valence-corrected chi connectivity index (χ4v) is 3.62. The normalized spacial score (nSPS) is 22.8. The van der Waals surface area contributed by atoms with Crippen molar-refractivity contribution in [3.05, 3.63) is 57.9 Å². The smallest absolute Gasteiger partial charge is 0.413 e. The zero-order chi connectivity index (χ0) is 20.7. The van der Waals surface area contributed by atoms with Crippen molar-refractivity contribution in [3.8, 4) is 0 Å². The van der Waals surface area contributed by atoms with E-state index in [1.165, 1.54) is 19.1 Å². The Labute approximate surface area is 162 Å². The van der Waals surface area contributed by atoms with Crippen molar-refractivity contribution >= 4 is 34.2 Å². The Kier molecular flexibility index (Phi) is 5.78. The predicted molar refractivity (Wildman–Crippen MR) is 92.8 cm³/mol. The van der Waals surface area contributed by atoms with E-state index in [0.29, 0.717) is 17.7 Å². The van der Waals surface area contributed by atoms with E-state index in [1.807, 2.05) is 0 Å². The molecule has 0 amide bonds. The van der Waals surface area contributed by atoms with Gasteiger partial charge in [0.1, 0.15) is 11.7 Å². The van der Waals surface area contributed by atoms with Gasteiger partial charge in [-0.2, -0.15) is 13.2 Å². The second kappa shape index (κ2) is 7.28. The first kappa shape index (κ1) is 21.4. The third-order valence-electron chi connectivity index (χ3n) is 4.29. The van der Waals surface area contributed by atoms with Crippen LogP contribution in [0, 0.1) is 19.8 Å². The van der Waals surface area contributed by atoms with E-state index in [4.69, 9.17) is 23.2 Å². The first-order chi connectivity index (χ1) is 12.3. The molecule has 1 aromatic carbocycles. The van der Waals surface area contributed by atoms with Crippen LogP contribution in [0.1, 0.15) is 31.8 Å². The van der Waals surface area contributed by atoms with Crippen molar-refractivity contribution in [2.45, 2.75) is 25.2 Å². The van der Waals surface area contributed by atoms with Crippen LogP contribution in [0.5, 0.6) is 0 Å². The van der Waals surface area contributed by atoms with Crippen molar-refractivity contribution < 1.29 is 31.9 Å². The molecule has 27 heavy (non-hydrogen) atoms. The molecule has 2 atom stereocenters. The van der Waals surface area contributed by atoms with Crippen LogP contribution in [0.3, 0.4) is 0 Å². The van der Waals surface area contributed by atoms with Crippen molar-refractivity contribution in [3.63, 3.8) is 0 Å². The van der Waals surface area contributed by atoms with E-state index >= 15 is 0 Å². The number of alkyl halides is 5. The van der Waals surface area contributed by atoms with Gasteiger partial charge in [-0.3, -0.25) is 9.59 Å². The van der Waals surface area contributed by atoms with Crippen LogP contribution in [0.15, 0.2) is 35.6 Å². The van der Waals surface area contributed by atoms with Gasteiger partial charge in [-0.15, -0.1) is 0 Å². The standard InChI is InChI=1S/C18H14Cl2F4O3/c1-8-4-5-11(9(2)13(8)16(19)26)15(25)14-12(18(22,23)24)6-10(27-3)7-17(14,20)21/h4-7,14H,1-3H3. The summed E-state index contributed by atoms with van der Waals surface area (Å²) in [6, 6.07) is 2.56.